The molecule has 1 aliphatic heterocycles. The molecule has 1 aliphatic rings. The van der Waals surface area contributed by atoms with Crippen molar-refractivity contribution in [1.29, 1.82) is 0 Å². The Kier molecular flexibility index (Phi) is 3.55. The van der Waals surface area contributed by atoms with Crippen LogP contribution in [0.15, 0.2) is 18.5 Å². The zero-order chi connectivity index (χ0) is 15.0. The van der Waals surface area contributed by atoms with Gasteiger partial charge < -0.3 is 19.3 Å². The molecule has 0 saturated carbocycles. The number of hydrogen-bond acceptors (Lipinski definition) is 4. The summed E-state index contributed by atoms with van der Waals surface area (Å²) < 4.78 is 1.82. The maximum absolute atomic E-state index is 11.0. The van der Waals surface area contributed by atoms with Gasteiger partial charge in [0, 0.05) is 38.6 Å². The lowest BCUT2D eigenvalue weighted by atomic mass is 10.2. The Bertz CT molecular complexity index is 672. The van der Waals surface area contributed by atoms with Crippen LogP contribution in [0.25, 0.3) is 5.65 Å². The molecule has 3 heterocycles. The standard InChI is InChI=1S/C15H20N4O2/c1-3-17-4-6-18(7-5-17)12-8-11(2)14-16-13(15(20)21)10-19(14)9-12/h8-10H,3-7H2,1-2H3,(H,20,21). The summed E-state index contributed by atoms with van der Waals surface area (Å²) in [5.41, 5.74) is 2.93. The van der Waals surface area contributed by atoms with Crippen molar-refractivity contribution >= 4 is 17.3 Å². The molecule has 21 heavy (non-hydrogen) atoms. The van der Waals surface area contributed by atoms with Gasteiger partial charge in [-0.1, -0.05) is 6.92 Å². The highest BCUT2D eigenvalue weighted by Gasteiger charge is 2.18. The van der Waals surface area contributed by atoms with E-state index in [0.717, 1.165) is 44.0 Å². The van der Waals surface area contributed by atoms with Gasteiger partial charge in [-0.2, -0.15) is 0 Å². The van der Waals surface area contributed by atoms with Crippen molar-refractivity contribution in [2.45, 2.75) is 13.8 Å². The number of aryl methyl sites for hydroxylation is 1. The first-order valence-corrected chi connectivity index (χ1v) is 7.28. The number of aromatic carboxylic acids is 1. The Morgan fingerprint density at radius 1 is 1.29 bits per heavy atom. The summed E-state index contributed by atoms with van der Waals surface area (Å²) in [7, 11) is 0. The minimum atomic E-state index is -0.990. The number of carboxylic acids is 1. The van der Waals surface area contributed by atoms with E-state index >= 15 is 0 Å². The van der Waals surface area contributed by atoms with Crippen LogP contribution in [-0.4, -0.2) is 58.1 Å². The number of piperazine rings is 1. The van der Waals surface area contributed by atoms with Gasteiger partial charge in [0.1, 0.15) is 5.65 Å². The summed E-state index contributed by atoms with van der Waals surface area (Å²) >= 11 is 0. The van der Waals surface area contributed by atoms with Crippen molar-refractivity contribution in [1.82, 2.24) is 14.3 Å². The normalized spacial score (nSPS) is 16.6. The maximum Gasteiger partial charge on any atom is 0.356 e. The second kappa shape index (κ2) is 5.37. The van der Waals surface area contributed by atoms with Crippen molar-refractivity contribution in [2.75, 3.05) is 37.6 Å². The molecule has 0 spiro atoms. The minimum absolute atomic E-state index is 0.0889. The number of rotatable bonds is 3. The van der Waals surface area contributed by atoms with Gasteiger partial charge in [0.25, 0.3) is 0 Å². The van der Waals surface area contributed by atoms with Gasteiger partial charge >= 0.3 is 5.97 Å². The first-order chi connectivity index (χ1) is 10.1. The fourth-order valence-corrected chi connectivity index (χ4v) is 2.85. The molecule has 0 atom stereocenters. The summed E-state index contributed by atoms with van der Waals surface area (Å²) in [6.45, 7) is 9.38. The Morgan fingerprint density at radius 2 is 2.00 bits per heavy atom. The SMILES string of the molecule is CCN1CCN(c2cc(C)c3nc(C(=O)O)cn3c2)CC1. The molecule has 1 fully saturated rings. The first-order valence-electron chi connectivity index (χ1n) is 7.28. The third-order valence-corrected chi connectivity index (χ3v) is 4.12. The minimum Gasteiger partial charge on any atom is -0.476 e. The van der Waals surface area contributed by atoms with E-state index in [1.165, 1.54) is 0 Å². The first kappa shape index (κ1) is 13.9. The Balaban J connectivity index is 1.91. The van der Waals surface area contributed by atoms with Gasteiger partial charge in [0.2, 0.25) is 0 Å². The number of nitrogens with zero attached hydrogens (tertiary/aromatic N) is 4. The molecule has 112 valence electrons. The van der Waals surface area contributed by atoms with E-state index in [1.54, 1.807) is 6.20 Å². The molecular weight excluding hydrogens is 268 g/mol. The Morgan fingerprint density at radius 3 is 2.62 bits per heavy atom. The predicted octanol–water partition coefficient (Wildman–Crippen LogP) is 1.48. The number of likely N-dealkylation sites (N-methyl/N-ethyl adjacent to an activating group) is 1. The van der Waals surface area contributed by atoms with Crippen LogP contribution in [-0.2, 0) is 0 Å². The summed E-state index contributed by atoms with van der Waals surface area (Å²) in [5, 5.41) is 9.06. The van der Waals surface area contributed by atoms with Crippen LogP contribution in [0.2, 0.25) is 0 Å². The smallest absolute Gasteiger partial charge is 0.356 e. The van der Waals surface area contributed by atoms with Crippen molar-refractivity contribution in [2.24, 2.45) is 0 Å². The molecule has 6 nitrogen and oxygen atoms in total. The molecule has 3 rings (SSSR count). The van der Waals surface area contributed by atoms with Crippen LogP contribution in [0.3, 0.4) is 0 Å². The molecule has 1 N–H and O–H groups in total. The van der Waals surface area contributed by atoms with Gasteiger partial charge in [0.15, 0.2) is 5.69 Å². The number of fused-ring (bicyclic) bond motifs is 1. The third-order valence-electron chi connectivity index (χ3n) is 4.12. The number of imidazole rings is 1. The lowest BCUT2D eigenvalue weighted by Gasteiger charge is -2.35. The van der Waals surface area contributed by atoms with Gasteiger partial charge in [0.05, 0.1) is 5.69 Å². The monoisotopic (exact) mass is 288 g/mol. The van der Waals surface area contributed by atoms with E-state index in [-0.39, 0.29) is 5.69 Å². The van der Waals surface area contributed by atoms with Crippen LogP contribution < -0.4 is 4.90 Å². The summed E-state index contributed by atoms with van der Waals surface area (Å²) in [5.74, 6) is -0.990. The average Bonchev–Trinajstić information content (AvgIpc) is 2.92. The summed E-state index contributed by atoms with van der Waals surface area (Å²) in [6, 6.07) is 2.09. The molecule has 0 amide bonds. The second-order valence-electron chi connectivity index (χ2n) is 5.46. The number of carbonyl (C=O) groups is 1. The molecule has 0 radical (unpaired) electrons. The number of hydrogen-bond donors (Lipinski definition) is 1. The van der Waals surface area contributed by atoms with Crippen LogP contribution in [0.1, 0.15) is 23.0 Å². The number of carboxylic acid groups (broad SMARTS) is 1. The van der Waals surface area contributed by atoms with Crippen molar-refractivity contribution in [3.05, 3.63) is 29.7 Å². The highest BCUT2D eigenvalue weighted by Crippen LogP contribution is 2.21. The summed E-state index contributed by atoms with van der Waals surface area (Å²) in [4.78, 5) is 20.0. The third kappa shape index (κ3) is 2.58. The molecule has 1 saturated heterocycles. The van der Waals surface area contributed by atoms with Gasteiger partial charge in [-0.25, -0.2) is 9.78 Å². The van der Waals surface area contributed by atoms with E-state index < -0.39 is 5.97 Å². The van der Waals surface area contributed by atoms with Crippen LogP contribution in [0, 0.1) is 6.92 Å². The van der Waals surface area contributed by atoms with Gasteiger partial charge in [-0.05, 0) is 25.1 Å². The van der Waals surface area contributed by atoms with Crippen molar-refractivity contribution in [3.8, 4) is 0 Å². The lowest BCUT2D eigenvalue weighted by Crippen LogP contribution is -2.46. The van der Waals surface area contributed by atoms with Gasteiger partial charge in [-0.15, -0.1) is 0 Å². The molecular formula is C15H20N4O2. The highest BCUT2D eigenvalue weighted by atomic mass is 16.4. The molecule has 2 aromatic rings. The zero-order valence-corrected chi connectivity index (χ0v) is 12.4. The number of pyridine rings is 1. The van der Waals surface area contributed by atoms with Gasteiger partial charge in [-0.3, -0.25) is 0 Å². The maximum atomic E-state index is 11.0. The Hall–Kier alpha value is -2.08. The average molecular weight is 288 g/mol. The van der Waals surface area contributed by atoms with E-state index in [9.17, 15) is 4.79 Å². The topological polar surface area (TPSA) is 61.1 Å². The van der Waals surface area contributed by atoms with E-state index in [1.807, 2.05) is 17.5 Å². The van der Waals surface area contributed by atoms with Crippen LogP contribution in [0.4, 0.5) is 5.69 Å². The number of anilines is 1. The largest absolute Gasteiger partial charge is 0.476 e. The van der Waals surface area contributed by atoms with Crippen LogP contribution in [0.5, 0.6) is 0 Å². The fraction of sp³-hybridized carbons (Fsp3) is 0.467. The van der Waals surface area contributed by atoms with E-state index in [4.69, 9.17) is 5.11 Å². The second-order valence-corrected chi connectivity index (χ2v) is 5.46. The fourth-order valence-electron chi connectivity index (χ4n) is 2.85. The lowest BCUT2D eigenvalue weighted by molar-refractivity contribution is 0.0691. The quantitative estimate of drug-likeness (QED) is 0.927. The predicted molar refractivity (Wildman–Crippen MR) is 81.2 cm³/mol. The highest BCUT2D eigenvalue weighted by molar-refractivity contribution is 5.86. The Labute approximate surface area is 123 Å². The van der Waals surface area contributed by atoms with Crippen molar-refractivity contribution < 1.29 is 9.90 Å². The molecule has 6 heteroatoms. The number of aromatic nitrogens is 2. The van der Waals surface area contributed by atoms with Crippen LogP contribution >= 0.6 is 0 Å². The van der Waals surface area contributed by atoms with E-state index in [0.29, 0.717) is 5.65 Å². The summed E-state index contributed by atoms with van der Waals surface area (Å²) in [6.07, 6.45) is 3.56. The molecule has 0 bridgehead atoms. The molecule has 2 aromatic heterocycles. The molecule has 0 aromatic carbocycles. The van der Waals surface area contributed by atoms with E-state index in [2.05, 4.69) is 27.8 Å². The molecule has 0 unspecified atom stereocenters. The van der Waals surface area contributed by atoms with Crippen molar-refractivity contribution in [3.63, 3.8) is 0 Å². The zero-order valence-electron chi connectivity index (χ0n) is 12.4. The molecule has 0 aliphatic carbocycles.